The van der Waals surface area contributed by atoms with Gasteiger partial charge in [-0.2, -0.15) is 0 Å². The second kappa shape index (κ2) is 3.89. The average Bonchev–Trinajstić information content (AvgIpc) is 1.63. The lowest BCUT2D eigenvalue weighted by molar-refractivity contribution is 0.434. The molecule has 0 aliphatic carbocycles. The highest BCUT2D eigenvalue weighted by Gasteiger charge is 2.09. The average molecular weight is 128 g/mol. The Morgan fingerprint density at radius 3 is 2.11 bits per heavy atom. The van der Waals surface area contributed by atoms with Gasteiger partial charge in [0.25, 0.3) is 0 Å². The summed E-state index contributed by atoms with van der Waals surface area (Å²) in [4.78, 5) is 0. The zero-order chi connectivity index (χ0) is 7.33. The number of unbranched alkanes of at least 4 members (excludes halogenated alkanes) is 2. The topological polar surface area (TPSA) is 23.8 Å². The quantitative estimate of drug-likeness (QED) is 0.520. The first kappa shape index (κ1) is 8.96. The monoisotopic (exact) mass is 128 g/mol. The van der Waals surface area contributed by atoms with Crippen LogP contribution in [0.15, 0.2) is 0 Å². The summed E-state index contributed by atoms with van der Waals surface area (Å²) in [6, 6.07) is 0. The predicted octanol–water partition coefficient (Wildman–Crippen LogP) is 2.63. The van der Waals surface area contributed by atoms with E-state index < -0.39 is 0 Å². The Morgan fingerprint density at radius 1 is 1.22 bits per heavy atom. The fourth-order valence-electron chi connectivity index (χ4n) is 0.817. The van der Waals surface area contributed by atoms with Gasteiger partial charge >= 0.3 is 0 Å². The molecule has 1 radical (unpaired) electrons. The van der Waals surface area contributed by atoms with Crippen molar-refractivity contribution < 1.29 is 0 Å². The summed E-state index contributed by atoms with van der Waals surface area (Å²) >= 11 is 0. The minimum absolute atomic E-state index is 0.199. The standard InChI is InChI=1S/C8H18N/c1-4-5-6-7-8(2,3)9/h9H,4-7H2,1-3H3. The van der Waals surface area contributed by atoms with E-state index in [1.165, 1.54) is 19.3 Å². The van der Waals surface area contributed by atoms with Crippen LogP contribution in [0, 0.1) is 0 Å². The number of rotatable bonds is 4. The molecular weight excluding hydrogens is 110 g/mol. The normalized spacial score (nSPS) is 12.0. The Bertz CT molecular complexity index is 61.5. The smallest absolute Gasteiger partial charge is 0.0267 e. The van der Waals surface area contributed by atoms with Gasteiger partial charge in [-0.05, 0) is 20.3 Å². The van der Waals surface area contributed by atoms with E-state index >= 15 is 0 Å². The van der Waals surface area contributed by atoms with Gasteiger partial charge in [-0.25, -0.2) is 0 Å². The van der Waals surface area contributed by atoms with Crippen molar-refractivity contribution in [3.05, 3.63) is 0 Å². The molecule has 0 aromatic carbocycles. The molecule has 9 heavy (non-hydrogen) atoms. The second-order valence-corrected chi connectivity index (χ2v) is 3.34. The molecule has 0 bridgehead atoms. The van der Waals surface area contributed by atoms with Crippen molar-refractivity contribution in [2.24, 2.45) is 0 Å². The van der Waals surface area contributed by atoms with E-state index in [1.807, 2.05) is 13.8 Å². The Morgan fingerprint density at radius 2 is 1.78 bits per heavy atom. The molecule has 55 valence electrons. The lowest BCUT2D eigenvalue weighted by atomic mass is 9.98. The lowest BCUT2D eigenvalue weighted by Gasteiger charge is -2.15. The van der Waals surface area contributed by atoms with E-state index in [0.29, 0.717) is 0 Å². The van der Waals surface area contributed by atoms with Crippen molar-refractivity contribution in [3.63, 3.8) is 0 Å². The molecule has 1 nitrogen and oxygen atoms in total. The van der Waals surface area contributed by atoms with Crippen molar-refractivity contribution >= 4 is 0 Å². The van der Waals surface area contributed by atoms with E-state index in [-0.39, 0.29) is 5.54 Å². The highest BCUT2D eigenvalue weighted by Crippen LogP contribution is 2.11. The summed E-state index contributed by atoms with van der Waals surface area (Å²) in [6.45, 7) is 6.14. The van der Waals surface area contributed by atoms with Crippen LogP contribution in [0.1, 0.15) is 46.5 Å². The van der Waals surface area contributed by atoms with E-state index in [4.69, 9.17) is 5.73 Å². The molecule has 0 aromatic rings. The Kier molecular flexibility index (Phi) is 3.87. The molecule has 0 aromatic heterocycles. The van der Waals surface area contributed by atoms with Crippen LogP contribution in [0.5, 0.6) is 0 Å². The molecule has 0 atom stereocenters. The van der Waals surface area contributed by atoms with Crippen molar-refractivity contribution in [2.45, 2.75) is 52.0 Å². The maximum Gasteiger partial charge on any atom is 0.0267 e. The van der Waals surface area contributed by atoms with Gasteiger partial charge in [-0.3, -0.25) is 5.73 Å². The molecule has 0 rings (SSSR count). The molecule has 1 heteroatoms. The maximum atomic E-state index is 7.51. The summed E-state index contributed by atoms with van der Waals surface area (Å²) in [5.74, 6) is 0. The third-order valence-corrected chi connectivity index (χ3v) is 1.41. The molecule has 0 saturated carbocycles. The third-order valence-electron chi connectivity index (χ3n) is 1.41. The number of nitrogens with one attached hydrogen (secondary N) is 1. The number of hydrogen-bond acceptors (Lipinski definition) is 0. The molecule has 0 aliphatic heterocycles. The van der Waals surface area contributed by atoms with Crippen molar-refractivity contribution in [3.8, 4) is 0 Å². The van der Waals surface area contributed by atoms with E-state index in [9.17, 15) is 0 Å². The second-order valence-electron chi connectivity index (χ2n) is 3.34. The van der Waals surface area contributed by atoms with Gasteiger partial charge in [0.15, 0.2) is 0 Å². The first-order valence-corrected chi connectivity index (χ1v) is 3.81. The zero-order valence-corrected chi connectivity index (χ0v) is 6.83. The van der Waals surface area contributed by atoms with E-state index in [2.05, 4.69) is 6.92 Å². The van der Waals surface area contributed by atoms with Crippen LogP contribution in [0.4, 0.5) is 0 Å². The van der Waals surface area contributed by atoms with Gasteiger partial charge in [-0.1, -0.05) is 26.2 Å². The first-order chi connectivity index (χ1) is 4.06. The van der Waals surface area contributed by atoms with Gasteiger partial charge < -0.3 is 0 Å². The first-order valence-electron chi connectivity index (χ1n) is 3.81. The van der Waals surface area contributed by atoms with Crippen LogP contribution in [0.3, 0.4) is 0 Å². The van der Waals surface area contributed by atoms with Crippen molar-refractivity contribution in [2.75, 3.05) is 0 Å². The molecule has 0 amide bonds. The van der Waals surface area contributed by atoms with Crippen LogP contribution in [-0.4, -0.2) is 5.54 Å². The molecule has 0 spiro atoms. The Labute approximate surface area is 58.6 Å². The zero-order valence-electron chi connectivity index (χ0n) is 6.83. The third kappa shape index (κ3) is 7.96. The lowest BCUT2D eigenvalue weighted by Crippen LogP contribution is -2.20. The SMILES string of the molecule is CCCCCC(C)(C)[NH]. The Balaban J connectivity index is 3.07. The highest BCUT2D eigenvalue weighted by atomic mass is 14.7. The molecular formula is C8H18N. The summed E-state index contributed by atoms with van der Waals surface area (Å²) in [5, 5.41) is 0. The largest absolute Gasteiger partial charge is 0.252 e. The molecule has 1 N–H and O–H groups in total. The fraction of sp³-hybridized carbons (Fsp3) is 1.00. The summed E-state index contributed by atoms with van der Waals surface area (Å²) < 4.78 is 0. The van der Waals surface area contributed by atoms with Crippen molar-refractivity contribution in [1.82, 2.24) is 5.73 Å². The van der Waals surface area contributed by atoms with Gasteiger partial charge in [0.1, 0.15) is 0 Å². The predicted molar refractivity (Wildman–Crippen MR) is 41.3 cm³/mol. The van der Waals surface area contributed by atoms with Crippen molar-refractivity contribution in [1.29, 1.82) is 0 Å². The van der Waals surface area contributed by atoms with Gasteiger partial charge in [0.05, 0.1) is 0 Å². The minimum Gasteiger partial charge on any atom is -0.252 e. The Hall–Kier alpha value is -0.0400. The summed E-state index contributed by atoms with van der Waals surface area (Å²) in [6.07, 6.45) is 4.80. The van der Waals surface area contributed by atoms with Crippen LogP contribution < -0.4 is 5.73 Å². The number of hydrogen-bond donors (Lipinski definition) is 0. The summed E-state index contributed by atoms with van der Waals surface area (Å²) in [7, 11) is 0. The van der Waals surface area contributed by atoms with Crippen LogP contribution >= 0.6 is 0 Å². The molecule has 0 saturated heterocycles. The van der Waals surface area contributed by atoms with Gasteiger partial charge in [0.2, 0.25) is 0 Å². The van der Waals surface area contributed by atoms with Gasteiger partial charge in [0, 0.05) is 5.54 Å². The van der Waals surface area contributed by atoms with Gasteiger partial charge in [-0.15, -0.1) is 0 Å². The van der Waals surface area contributed by atoms with E-state index in [1.54, 1.807) is 0 Å². The van der Waals surface area contributed by atoms with Crippen LogP contribution in [-0.2, 0) is 0 Å². The van der Waals surface area contributed by atoms with Crippen LogP contribution in [0.25, 0.3) is 0 Å². The molecule has 0 aliphatic rings. The minimum atomic E-state index is -0.199. The van der Waals surface area contributed by atoms with Crippen LogP contribution in [0.2, 0.25) is 0 Å². The highest BCUT2D eigenvalue weighted by molar-refractivity contribution is 4.69. The summed E-state index contributed by atoms with van der Waals surface area (Å²) in [5.41, 5.74) is 7.31. The molecule has 0 unspecified atom stereocenters. The maximum absolute atomic E-state index is 7.51. The molecule has 0 fully saturated rings. The molecule has 0 heterocycles. The van der Waals surface area contributed by atoms with E-state index in [0.717, 1.165) is 6.42 Å². The fourth-order valence-corrected chi connectivity index (χ4v) is 0.817.